The van der Waals surface area contributed by atoms with Gasteiger partial charge in [0.15, 0.2) is 0 Å². The van der Waals surface area contributed by atoms with E-state index in [0.717, 1.165) is 13.1 Å². The Morgan fingerprint density at radius 2 is 2.00 bits per heavy atom. The van der Waals surface area contributed by atoms with Gasteiger partial charge >= 0.3 is 0 Å². The van der Waals surface area contributed by atoms with Gasteiger partial charge in [0.25, 0.3) is 5.91 Å². The van der Waals surface area contributed by atoms with E-state index in [2.05, 4.69) is 13.8 Å². The van der Waals surface area contributed by atoms with Crippen LogP contribution in [0.2, 0.25) is 0 Å². The smallest absolute Gasteiger partial charge is 0.251 e. The summed E-state index contributed by atoms with van der Waals surface area (Å²) in [5, 5.41) is 8.94. The molecule has 3 heteroatoms. The molecule has 0 spiro atoms. The Balaban J connectivity index is 2.38. The van der Waals surface area contributed by atoms with Crippen molar-refractivity contribution in [2.24, 2.45) is 5.41 Å². The molecule has 64 valence electrons. The second kappa shape index (κ2) is 2.48. The quantitative estimate of drug-likeness (QED) is 0.592. The zero-order valence-corrected chi connectivity index (χ0v) is 7.29. The van der Waals surface area contributed by atoms with E-state index in [-0.39, 0.29) is 11.3 Å². The maximum Gasteiger partial charge on any atom is 0.251 e. The minimum atomic E-state index is -0.842. The number of hydrogen-bond donors (Lipinski definition) is 1. The lowest BCUT2D eigenvalue weighted by atomic mass is 9.84. The van der Waals surface area contributed by atoms with Crippen LogP contribution in [0.25, 0.3) is 0 Å². The van der Waals surface area contributed by atoms with Crippen LogP contribution in [-0.4, -0.2) is 35.1 Å². The van der Waals surface area contributed by atoms with Crippen molar-refractivity contribution in [2.45, 2.75) is 26.9 Å². The molecular weight excluding hydrogens is 142 g/mol. The zero-order valence-electron chi connectivity index (χ0n) is 7.29. The van der Waals surface area contributed by atoms with E-state index in [1.807, 2.05) is 0 Å². The molecular formula is C8H15NO2. The number of aliphatic hydroxyl groups is 1. The molecule has 0 aromatic heterocycles. The molecule has 11 heavy (non-hydrogen) atoms. The van der Waals surface area contributed by atoms with Crippen molar-refractivity contribution < 1.29 is 9.90 Å². The number of rotatable bonds is 1. The van der Waals surface area contributed by atoms with Crippen molar-refractivity contribution in [1.29, 1.82) is 0 Å². The molecule has 1 aliphatic rings. The highest BCUT2D eigenvalue weighted by Crippen LogP contribution is 2.28. The Morgan fingerprint density at radius 1 is 1.55 bits per heavy atom. The van der Waals surface area contributed by atoms with E-state index >= 15 is 0 Å². The topological polar surface area (TPSA) is 40.5 Å². The molecule has 1 heterocycles. The summed E-state index contributed by atoms with van der Waals surface area (Å²) in [6.45, 7) is 7.28. The third-order valence-electron chi connectivity index (χ3n) is 1.91. The number of aliphatic hydroxyl groups excluding tert-OH is 1. The molecule has 0 aromatic carbocycles. The van der Waals surface area contributed by atoms with Crippen molar-refractivity contribution >= 4 is 5.91 Å². The second-order valence-corrected chi connectivity index (χ2v) is 4.03. The van der Waals surface area contributed by atoms with E-state index in [9.17, 15) is 4.79 Å². The van der Waals surface area contributed by atoms with Gasteiger partial charge in [-0.2, -0.15) is 0 Å². The SMILES string of the molecule is CC(O)C(=O)N1CC(C)(C)C1. The fourth-order valence-electron chi connectivity index (χ4n) is 1.41. The molecule has 1 fully saturated rings. The van der Waals surface area contributed by atoms with Gasteiger partial charge in [0.05, 0.1) is 0 Å². The number of carbonyl (C=O) groups is 1. The van der Waals surface area contributed by atoms with E-state index in [1.165, 1.54) is 6.92 Å². The third kappa shape index (κ3) is 1.71. The second-order valence-electron chi connectivity index (χ2n) is 4.03. The fraction of sp³-hybridized carbons (Fsp3) is 0.875. The average molecular weight is 157 g/mol. The minimum absolute atomic E-state index is 0.149. The number of carbonyl (C=O) groups excluding carboxylic acids is 1. The average Bonchev–Trinajstić information content (AvgIpc) is 1.80. The van der Waals surface area contributed by atoms with Gasteiger partial charge in [0.1, 0.15) is 6.10 Å². The molecule has 1 rings (SSSR count). The van der Waals surface area contributed by atoms with Gasteiger partial charge in [-0.25, -0.2) is 0 Å². The molecule has 1 N–H and O–H groups in total. The summed E-state index contributed by atoms with van der Waals surface area (Å²) in [7, 11) is 0. The standard InChI is InChI=1S/C8H15NO2/c1-6(10)7(11)9-4-8(2,3)5-9/h6,10H,4-5H2,1-3H3. The maximum atomic E-state index is 11.1. The fourth-order valence-corrected chi connectivity index (χ4v) is 1.41. The number of hydrogen-bond acceptors (Lipinski definition) is 2. The first-order chi connectivity index (χ1) is 4.92. The highest BCUT2D eigenvalue weighted by atomic mass is 16.3. The Kier molecular flexibility index (Phi) is 1.92. The first-order valence-electron chi connectivity index (χ1n) is 3.89. The molecule has 1 aliphatic heterocycles. The first-order valence-corrected chi connectivity index (χ1v) is 3.89. The Hall–Kier alpha value is -0.570. The van der Waals surface area contributed by atoms with E-state index < -0.39 is 6.10 Å². The van der Waals surface area contributed by atoms with Gasteiger partial charge in [-0.3, -0.25) is 4.79 Å². The predicted molar refractivity (Wildman–Crippen MR) is 42.0 cm³/mol. The molecule has 1 amide bonds. The zero-order chi connectivity index (χ0) is 8.65. The van der Waals surface area contributed by atoms with Crippen LogP contribution in [0.15, 0.2) is 0 Å². The van der Waals surface area contributed by atoms with Crippen molar-refractivity contribution in [2.75, 3.05) is 13.1 Å². The van der Waals surface area contributed by atoms with Gasteiger partial charge in [-0.15, -0.1) is 0 Å². The number of amides is 1. The number of likely N-dealkylation sites (tertiary alicyclic amines) is 1. The molecule has 0 bridgehead atoms. The molecule has 1 unspecified atom stereocenters. The van der Waals surface area contributed by atoms with Crippen LogP contribution < -0.4 is 0 Å². The predicted octanol–water partition coefficient (Wildman–Crippen LogP) is 0.236. The Bertz CT molecular complexity index is 167. The summed E-state index contributed by atoms with van der Waals surface area (Å²) in [6.07, 6.45) is -0.842. The largest absolute Gasteiger partial charge is 0.384 e. The molecule has 0 aromatic rings. The summed E-state index contributed by atoms with van der Waals surface area (Å²) in [5.74, 6) is -0.149. The van der Waals surface area contributed by atoms with Crippen molar-refractivity contribution in [3.05, 3.63) is 0 Å². The Morgan fingerprint density at radius 3 is 2.27 bits per heavy atom. The maximum absolute atomic E-state index is 11.1. The van der Waals surface area contributed by atoms with Crippen molar-refractivity contribution in [3.8, 4) is 0 Å². The molecule has 0 radical (unpaired) electrons. The monoisotopic (exact) mass is 157 g/mol. The van der Waals surface area contributed by atoms with E-state index in [0.29, 0.717) is 0 Å². The van der Waals surface area contributed by atoms with Crippen molar-refractivity contribution in [1.82, 2.24) is 4.90 Å². The minimum Gasteiger partial charge on any atom is -0.384 e. The molecule has 1 atom stereocenters. The molecule has 1 saturated heterocycles. The first kappa shape index (κ1) is 8.53. The van der Waals surface area contributed by atoms with Crippen LogP contribution in [0.1, 0.15) is 20.8 Å². The molecule has 3 nitrogen and oxygen atoms in total. The van der Waals surface area contributed by atoms with Gasteiger partial charge in [-0.1, -0.05) is 13.8 Å². The van der Waals surface area contributed by atoms with Crippen LogP contribution in [0.4, 0.5) is 0 Å². The van der Waals surface area contributed by atoms with Crippen LogP contribution in [0, 0.1) is 5.41 Å². The lowest BCUT2D eigenvalue weighted by Gasteiger charge is -2.46. The highest BCUT2D eigenvalue weighted by Gasteiger charge is 2.38. The third-order valence-corrected chi connectivity index (χ3v) is 1.91. The van der Waals surface area contributed by atoms with Gasteiger partial charge in [0.2, 0.25) is 0 Å². The lowest BCUT2D eigenvalue weighted by molar-refractivity contribution is -0.149. The molecule has 0 aliphatic carbocycles. The lowest BCUT2D eigenvalue weighted by Crippen LogP contribution is -2.57. The van der Waals surface area contributed by atoms with Gasteiger partial charge < -0.3 is 10.0 Å². The summed E-state index contributed by atoms with van der Waals surface area (Å²) >= 11 is 0. The highest BCUT2D eigenvalue weighted by molar-refractivity contribution is 5.81. The van der Waals surface area contributed by atoms with Crippen molar-refractivity contribution in [3.63, 3.8) is 0 Å². The summed E-state index contributed by atoms with van der Waals surface area (Å²) in [5.41, 5.74) is 0.255. The molecule has 0 saturated carbocycles. The normalized spacial score (nSPS) is 24.2. The van der Waals surface area contributed by atoms with Crippen LogP contribution in [0.3, 0.4) is 0 Å². The van der Waals surface area contributed by atoms with Crippen LogP contribution >= 0.6 is 0 Å². The summed E-state index contributed by atoms with van der Waals surface area (Å²) in [6, 6.07) is 0. The summed E-state index contributed by atoms with van der Waals surface area (Å²) in [4.78, 5) is 12.8. The van der Waals surface area contributed by atoms with E-state index in [4.69, 9.17) is 5.11 Å². The van der Waals surface area contributed by atoms with Crippen LogP contribution in [-0.2, 0) is 4.79 Å². The van der Waals surface area contributed by atoms with Crippen LogP contribution in [0.5, 0.6) is 0 Å². The summed E-state index contributed by atoms with van der Waals surface area (Å²) < 4.78 is 0. The van der Waals surface area contributed by atoms with Gasteiger partial charge in [0, 0.05) is 13.1 Å². The van der Waals surface area contributed by atoms with E-state index in [1.54, 1.807) is 4.90 Å². The van der Waals surface area contributed by atoms with Gasteiger partial charge in [-0.05, 0) is 12.3 Å². The Labute approximate surface area is 67.0 Å². The number of nitrogens with zero attached hydrogens (tertiary/aromatic N) is 1.